The third kappa shape index (κ3) is 5.22. The summed E-state index contributed by atoms with van der Waals surface area (Å²) in [5.41, 5.74) is 1.76. The lowest BCUT2D eigenvalue weighted by atomic mass is 10.2. The Balaban J connectivity index is 1.31. The van der Waals surface area contributed by atoms with E-state index in [1.807, 2.05) is 40.3 Å². The molecular weight excluding hydrogens is 432 g/mol. The van der Waals surface area contributed by atoms with E-state index in [9.17, 15) is 4.79 Å². The molecule has 0 fully saturated rings. The SMILES string of the molecule is C=CCn1c(Cc2csc(NC(=O)CCc3ncc(-c4ccccc4)o3)n2)n[nH]c1=S. The Kier molecular flexibility index (Phi) is 6.48. The molecule has 0 radical (unpaired) electrons. The fourth-order valence-electron chi connectivity index (χ4n) is 2.97. The number of aromatic nitrogens is 5. The zero-order valence-corrected chi connectivity index (χ0v) is 18.2. The van der Waals surface area contributed by atoms with Crippen molar-refractivity contribution in [3.05, 3.63) is 76.7 Å². The van der Waals surface area contributed by atoms with Crippen molar-refractivity contribution >= 4 is 34.6 Å². The van der Waals surface area contributed by atoms with Gasteiger partial charge in [0.05, 0.1) is 18.3 Å². The number of carbonyl (C=O) groups excluding carboxylic acids is 1. The molecule has 1 amide bonds. The van der Waals surface area contributed by atoms with E-state index in [1.54, 1.807) is 12.3 Å². The number of hydrogen-bond donors (Lipinski definition) is 2. The number of aryl methyl sites for hydroxylation is 1. The molecular formula is C21H20N6O2S2. The van der Waals surface area contributed by atoms with Crippen LogP contribution in [0.2, 0.25) is 0 Å². The molecule has 2 N–H and O–H groups in total. The fraction of sp³-hybridized carbons (Fsp3) is 0.190. The summed E-state index contributed by atoms with van der Waals surface area (Å²) in [6, 6.07) is 9.73. The number of carbonyl (C=O) groups is 1. The van der Waals surface area contributed by atoms with Gasteiger partial charge < -0.3 is 9.73 Å². The topological polar surface area (TPSA) is 102 Å². The van der Waals surface area contributed by atoms with E-state index in [1.165, 1.54) is 11.3 Å². The Labute approximate surface area is 187 Å². The number of hydrogen-bond acceptors (Lipinski definition) is 7. The fourth-order valence-corrected chi connectivity index (χ4v) is 3.93. The Morgan fingerprint density at radius 2 is 2.19 bits per heavy atom. The van der Waals surface area contributed by atoms with Gasteiger partial charge in [-0.2, -0.15) is 5.10 Å². The van der Waals surface area contributed by atoms with E-state index in [-0.39, 0.29) is 12.3 Å². The largest absolute Gasteiger partial charge is 0.441 e. The summed E-state index contributed by atoms with van der Waals surface area (Å²) in [4.78, 5) is 21.0. The van der Waals surface area contributed by atoms with Gasteiger partial charge in [-0.25, -0.2) is 9.97 Å². The second-order valence-corrected chi connectivity index (χ2v) is 7.94. The highest BCUT2D eigenvalue weighted by Crippen LogP contribution is 2.21. The number of amides is 1. The lowest BCUT2D eigenvalue weighted by Crippen LogP contribution is -2.12. The molecule has 0 spiro atoms. The summed E-state index contributed by atoms with van der Waals surface area (Å²) in [7, 11) is 0. The van der Waals surface area contributed by atoms with Crippen molar-refractivity contribution in [3.63, 3.8) is 0 Å². The number of rotatable bonds is 9. The Bertz CT molecular complexity index is 1240. The Hall–Kier alpha value is -3.37. The lowest BCUT2D eigenvalue weighted by molar-refractivity contribution is -0.116. The summed E-state index contributed by atoms with van der Waals surface area (Å²) in [6.07, 6.45) is 4.61. The van der Waals surface area contributed by atoms with E-state index >= 15 is 0 Å². The van der Waals surface area contributed by atoms with Gasteiger partial charge in [0, 0.05) is 30.3 Å². The van der Waals surface area contributed by atoms with Gasteiger partial charge >= 0.3 is 0 Å². The molecule has 3 aromatic heterocycles. The molecule has 158 valence electrons. The van der Waals surface area contributed by atoms with Crippen molar-refractivity contribution in [2.75, 3.05) is 5.32 Å². The van der Waals surface area contributed by atoms with Gasteiger partial charge in [0.15, 0.2) is 21.6 Å². The van der Waals surface area contributed by atoms with E-state index in [0.717, 1.165) is 17.1 Å². The summed E-state index contributed by atoms with van der Waals surface area (Å²) in [5.74, 6) is 1.84. The molecule has 0 saturated carbocycles. The van der Waals surface area contributed by atoms with Crippen molar-refractivity contribution in [3.8, 4) is 11.3 Å². The third-order valence-electron chi connectivity index (χ3n) is 4.46. The number of thiazole rings is 1. The molecule has 0 aliphatic carbocycles. The summed E-state index contributed by atoms with van der Waals surface area (Å²) in [6.45, 7) is 4.31. The van der Waals surface area contributed by atoms with Gasteiger partial charge in [0.2, 0.25) is 5.91 Å². The average molecular weight is 453 g/mol. The third-order valence-corrected chi connectivity index (χ3v) is 5.58. The molecule has 3 heterocycles. The summed E-state index contributed by atoms with van der Waals surface area (Å²) >= 11 is 6.60. The Morgan fingerprint density at radius 1 is 1.35 bits per heavy atom. The quantitative estimate of drug-likeness (QED) is 0.288. The number of H-pyrrole nitrogens is 1. The van der Waals surface area contributed by atoms with Crippen LogP contribution in [0, 0.1) is 4.77 Å². The normalized spacial score (nSPS) is 10.8. The lowest BCUT2D eigenvalue weighted by Gasteiger charge is -2.02. The molecule has 0 atom stereocenters. The number of oxazole rings is 1. The minimum Gasteiger partial charge on any atom is -0.441 e. The number of nitrogens with zero attached hydrogens (tertiary/aromatic N) is 4. The average Bonchev–Trinajstić information content (AvgIpc) is 3.50. The zero-order valence-electron chi connectivity index (χ0n) is 16.6. The first-order valence-corrected chi connectivity index (χ1v) is 10.9. The van der Waals surface area contributed by atoms with Crippen LogP contribution in [-0.4, -0.2) is 30.6 Å². The van der Waals surface area contributed by atoms with Crippen LogP contribution in [0.25, 0.3) is 11.3 Å². The summed E-state index contributed by atoms with van der Waals surface area (Å²) in [5, 5.41) is 12.3. The maximum Gasteiger partial charge on any atom is 0.226 e. The first-order chi connectivity index (χ1) is 15.1. The van der Waals surface area contributed by atoms with Crippen molar-refractivity contribution in [2.24, 2.45) is 0 Å². The van der Waals surface area contributed by atoms with Crippen LogP contribution >= 0.6 is 23.6 Å². The van der Waals surface area contributed by atoms with Gasteiger partial charge in [-0.3, -0.25) is 14.5 Å². The molecule has 0 aliphatic rings. The first-order valence-electron chi connectivity index (χ1n) is 9.61. The van der Waals surface area contributed by atoms with Gasteiger partial charge in [-0.1, -0.05) is 36.4 Å². The highest BCUT2D eigenvalue weighted by molar-refractivity contribution is 7.71. The maximum absolute atomic E-state index is 12.3. The molecule has 0 unspecified atom stereocenters. The predicted molar refractivity (Wildman–Crippen MR) is 121 cm³/mol. The number of aromatic amines is 1. The smallest absolute Gasteiger partial charge is 0.226 e. The van der Waals surface area contributed by atoms with Crippen molar-refractivity contribution in [2.45, 2.75) is 25.8 Å². The van der Waals surface area contributed by atoms with Crippen LogP contribution in [0.15, 0.2) is 59.0 Å². The van der Waals surface area contributed by atoms with Gasteiger partial charge in [-0.15, -0.1) is 17.9 Å². The number of anilines is 1. The van der Waals surface area contributed by atoms with E-state index < -0.39 is 0 Å². The first kappa shape index (κ1) is 20.9. The number of allylic oxidation sites excluding steroid dienone is 1. The second-order valence-electron chi connectivity index (χ2n) is 6.70. The number of nitrogens with one attached hydrogen (secondary N) is 2. The minimum atomic E-state index is -0.144. The Morgan fingerprint density at radius 3 is 3.00 bits per heavy atom. The molecule has 4 rings (SSSR count). The van der Waals surface area contributed by atoms with Crippen LogP contribution in [0.5, 0.6) is 0 Å². The number of benzene rings is 1. The highest BCUT2D eigenvalue weighted by Gasteiger charge is 2.12. The van der Waals surface area contributed by atoms with Crippen molar-refractivity contribution < 1.29 is 9.21 Å². The van der Waals surface area contributed by atoms with E-state index in [0.29, 0.717) is 40.9 Å². The van der Waals surface area contributed by atoms with Crippen LogP contribution < -0.4 is 5.32 Å². The molecule has 0 aliphatic heterocycles. The van der Waals surface area contributed by atoms with Crippen molar-refractivity contribution in [1.82, 2.24) is 24.7 Å². The molecule has 8 nitrogen and oxygen atoms in total. The van der Waals surface area contributed by atoms with Crippen LogP contribution in [0.4, 0.5) is 5.13 Å². The van der Waals surface area contributed by atoms with Crippen LogP contribution in [-0.2, 0) is 24.2 Å². The van der Waals surface area contributed by atoms with Gasteiger partial charge in [-0.05, 0) is 12.2 Å². The highest BCUT2D eigenvalue weighted by atomic mass is 32.1. The predicted octanol–water partition coefficient (Wildman–Crippen LogP) is 4.40. The van der Waals surface area contributed by atoms with Crippen LogP contribution in [0.1, 0.15) is 23.8 Å². The molecule has 31 heavy (non-hydrogen) atoms. The maximum atomic E-state index is 12.3. The molecule has 0 bridgehead atoms. The van der Waals surface area contributed by atoms with Crippen LogP contribution in [0.3, 0.4) is 0 Å². The van der Waals surface area contributed by atoms with Gasteiger partial charge in [0.25, 0.3) is 0 Å². The standard InChI is InChI=1S/C21H20N6O2S2/c1-2-10-27-17(25-26-21(27)30)11-15-13-31-20(23-15)24-18(28)8-9-19-22-12-16(29-19)14-6-4-3-5-7-14/h2-7,12-13H,1,8-11H2,(H,26,30)(H,23,24,28). The molecule has 10 heteroatoms. The van der Waals surface area contributed by atoms with E-state index in [2.05, 4.69) is 32.1 Å². The summed E-state index contributed by atoms with van der Waals surface area (Å²) < 4.78 is 8.15. The zero-order chi connectivity index (χ0) is 21.6. The van der Waals surface area contributed by atoms with Gasteiger partial charge in [0.1, 0.15) is 5.82 Å². The van der Waals surface area contributed by atoms with Crippen molar-refractivity contribution in [1.29, 1.82) is 0 Å². The second kappa shape index (κ2) is 9.63. The van der Waals surface area contributed by atoms with E-state index in [4.69, 9.17) is 16.6 Å². The monoisotopic (exact) mass is 452 g/mol. The molecule has 0 saturated heterocycles. The molecule has 4 aromatic rings. The molecule has 1 aromatic carbocycles. The minimum absolute atomic E-state index is 0.144.